The van der Waals surface area contributed by atoms with E-state index in [1.807, 2.05) is 0 Å². The standard InChI is InChI=1S/C11H17O5PS/c1-3-15-17(12,4-2)16-10-18(13,14)11-8-6-5-7-9-11/h5-9H,3-4,10H2,1-2H3/t17-/m1/s1. The molecule has 1 rings (SSSR count). The molecule has 102 valence electrons. The molecule has 0 spiro atoms. The Hall–Kier alpha value is -0.680. The molecule has 0 radical (unpaired) electrons. The summed E-state index contributed by atoms with van der Waals surface area (Å²) >= 11 is 0. The van der Waals surface area contributed by atoms with Gasteiger partial charge in [-0.15, -0.1) is 0 Å². The van der Waals surface area contributed by atoms with E-state index in [-0.39, 0.29) is 17.7 Å². The molecule has 1 aromatic carbocycles. The van der Waals surface area contributed by atoms with Crippen molar-refractivity contribution in [1.29, 1.82) is 0 Å². The first-order chi connectivity index (χ1) is 8.43. The van der Waals surface area contributed by atoms with Gasteiger partial charge in [-0.25, -0.2) is 8.42 Å². The van der Waals surface area contributed by atoms with Gasteiger partial charge in [0.25, 0.3) is 0 Å². The fourth-order valence-corrected chi connectivity index (χ4v) is 4.00. The van der Waals surface area contributed by atoms with Crippen molar-refractivity contribution in [2.75, 3.05) is 18.7 Å². The third kappa shape index (κ3) is 4.21. The van der Waals surface area contributed by atoms with Crippen molar-refractivity contribution in [3.8, 4) is 0 Å². The number of benzene rings is 1. The van der Waals surface area contributed by atoms with E-state index in [1.165, 1.54) is 12.1 Å². The molecule has 0 amide bonds. The third-order valence-corrected chi connectivity index (χ3v) is 5.76. The van der Waals surface area contributed by atoms with Crippen molar-refractivity contribution >= 4 is 17.4 Å². The molecule has 0 aliphatic rings. The van der Waals surface area contributed by atoms with Crippen LogP contribution in [0.5, 0.6) is 0 Å². The number of hydrogen-bond acceptors (Lipinski definition) is 5. The summed E-state index contributed by atoms with van der Waals surface area (Å²) in [5.74, 6) is -0.637. The molecule has 0 aromatic heterocycles. The second-order valence-electron chi connectivity index (χ2n) is 3.52. The molecule has 5 nitrogen and oxygen atoms in total. The highest BCUT2D eigenvalue weighted by Crippen LogP contribution is 2.47. The largest absolute Gasteiger partial charge is 0.331 e. The molecule has 1 aromatic rings. The minimum Gasteiger partial charge on any atom is -0.309 e. The van der Waals surface area contributed by atoms with Crippen LogP contribution in [-0.4, -0.2) is 27.1 Å². The normalized spacial score (nSPS) is 15.2. The summed E-state index contributed by atoms with van der Waals surface area (Å²) in [6.07, 6.45) is 0.144. The maximum Gasteiger partial charge on any atom is 0.331 e. The fourth-order valence-electron chi connectivity index (χ4n) is 1.26. The third-order valence-electron chi connectivity index (χ3n) is 2.22. The lowest BCUT2D eigenvalue weighted by Crippen LogP contribution is -2.10. The lowest BCUT2D eigenvalue weighted by molar-refractivity contribution is 0.235. The summed E-state index contributed by atoms with van der Waals surface area (Å²) in [4.78, 5) is 0.143. The van der Waals surface area contributed by atoms with Crippen LogP contribution in [0.4, 0.5) is 0 Å². The van der Waals surface area contributed by atoms with Crippen molar-refractivity contribution in [2.45, 2.75) is 18.7 Å². The molecule has 0 heterocycles. The topological polar surface area (TPSA) is 69.7 Å². The van der Waals surface area contributed by atoms with Crippen LogP contribution < -0.4 is 0 Å². The molecular weight excluding hydrogens is 275 g/mol. The Morgan fingerprint density at radius 1 is 1.11 bits per heavy atom. The lowest BCUT2D eigenvalue weighted by atomic mass is 10.4. The van der Waals surface area contributed by atoms with E-state index in [4.69, 9.17) is 9.05 Å². The van der Waals surface area contributed by atoms with Gasteiger partial charge in [0.1, 0.15) is 0 Å². The van der Waals surface area contributed by atoms with Crippen molar-refractivity contribution in [1.82, 2.24) is 0 Å². The van der Waals surface area contributed by atoms with Gasteiger partial charge in [-0.05, 0) is 19.1 Å². The average Bonchev–Trinajstić information content (AvgIpc) is 2.38. The number of sulfone groups is 1. The molecule has 7 heteroatoms. The van der Waals surface area contributed by atoms with E-state index in [2.05, 4.69) is 0 Å². The van der Waals surface area contributed by atoms with Gasteiger partial charge in [-0.3, -0.25) is 9.09 Å². The van der Waals surface area contributed by atoms with E-state index in [1.54, 1.807) is 32.0 Å². The zero-order valence-corrected chi connectivity index (χ0v) is 12.1. The van der Waals surface area contributed by atoms with Gasteiger partial charge in [0.05, 0.1) is 11.5 Å². The summed E-state index contributed by atoms with van der Waals surface area (Å²) in [6, 6.07) is 7.90. The van der Waals surface area contributed by atoms with Crippen LogP contribution in [0.15, 0.2) is 35.2 Å². The number of rotatable bonds is 7. The molecule has 0 aliphatic carbocycles. The van der Waals surface area contributed by atoms with E-state index in [0.717, 1.165) is 0 Å². The molecule has 0 unspecified atom stereocenters. The van der Waals surface area contributed by atoms with Crippen molar-refractivity contribution < 1.29 is 22.0 Å². The highest BCUT2D eigenvalue weighted by atomic mass is 32.2. The first-order valence-electron chi connectivity index (χ1n) is 5.59. The van der Waals surface area contributed by atoms with Crippen LogP contribution in [0.1, 0.15) is 13.8 Å². The summed E-state index contributed by atoms with van der Waals surface area (Å²) in [7, 11) is -6.89. The second-order valence-corrected chi connectivity index (χ2v) is 7.83. The van der Waals surface area contributed by atoms with Crippen LogP contribution in [-0.2, 0) is 23.4 Å². The molecule has 0 aliphatic heterocycles. The molecule has 0 saturated carbocycles. The van der Waals surface area contributed by atoms with Crippen LogP contribution in [0.3, 0.4) is 0 Å². The zero-order chi connectivity index (χ0) is 13.6. The average molecular weight is 292 g/mol. The highest BCUT2D eigenvalue weighted by molar-refractivity contribution is 7.91. The molecular formula is C11H17O5PS. The van der Waals surface area contributed by atoms with Crippen LogP contribution >= 0.6 is 7.60 Å². The fraction of sp³-hybridized carbons (Fsp3) is 0.455. The van der Waals surface area contributed by atoms with Crippen LogP contribution in [0.25, 0.3) is 0 Å². The Balaban J connectivity index is 2.77. The Kier molecular flexibility index (Phi) is 5.53. The predicted molar refractivity (Wildman–Crippen MR) is 69.4 cm³/mol. The molecule has 0 saturated heterocycles. The minimum atomic E-state index is -3.60. The van der Waals surface area contributed by atoms with Gasteiger partial charge in [0.2, 0.25) is 9.84 Å². The quantitative estimate of drug-likeness (QED) is 0.723. The van der Waals surface area contributed by atoms with Gasteiger partial charge in [-0.1, -0.05) is 25.1 Å². The van der Waals surface area contributed by atoms with E-state index in [0.29, 0.717) is 0 Å². The van der Waals surface area contributed by atoms with Gasteiger partial charge in [-0.2, -0.15) is 0 Å². The van der Waals surface area contributed by atoms with Gasteiger partial charge in [0, 0.05) is 6.16 Å². The minimum absolute atomic E-state index is 0.143. The molecule has 0 fully saturated rings. The Bertz CT molecular complexity index is 511. The SMILES string of the molecule is CCO[P@](=O)(CC)OCS(=O)(=O)c1ccccc1. The van der Waals surface area contributed by atoms with Crippen molar-refractivity contribution in [3.63, 3.8) is 0 Å². The molecule has 18 heavy (non-hydrogen) atoms. The van der Waals surface area contributed by atoms with Gasteiger partial charge in [0.15, 0.2) is 5.94 Å². The number of hydrogen-bond donors (Lipinski definition) is 0. The van der Waals surface area contributed by atoms with E-state index in [9.17, 15) is 13.0 Å². The second kappa shape index (κ2) is 6.48. The lowest BCUT2D eigenvalue weighted by Gasteiger charge is -2.15. The smallest absolute Gasteiger partial charge is 0.309 e. The molecule has 0 N–H and O–H groups in total. The van der Waals surface area contributed by atoms with Crippen molar-refractivity contribution in [2.24, 2.45) is 0 Å². The van der Waals surface area contributed by atoms with Crippen molar-refractivity contribution in [3.05, 3.63) is 30.3 Å². The highest BCUT2D eigenvalue weighted by Gasteiger charge is 2.25. The van der Waals surface area contributed by atoms with E-state index < -0.39 is 23.4 Å². The molecule has 1 atom stereocenters. The van der Waals surface area contributed by atoms with Crippen LogP contribution in [0.2, 0.25) is 0 Å². The monoisotopic (exact) mass is 292 g/mol. The summed E-state index contributed by atoms with van der Waals surface area (Å²) in [5.41, 5.74) is 0. The van der Waals surface area contributed by atoms with E-state index >= 15 is 0 Å². The summed E-state index contributed by atoms with van der Waals surface area (Å²) in [6.45, 7) is 3.53. The molecule has 0 bridgehead atoms. The first-order valence-corrected chi connectivity index (χ1v) is 8.97. The summed E-state index contributed by atoms with van der Waals surface area (Å²) < 4.78 is 45.7. The van der Waals surface area contributed by atoms with Gasteiger partial charge < -0.3 is 4.52 Å². The Labute approximate surface area is 108 Å². The first kappa shape index (κ1) is 15.4. The van der Waals surface area contributed by atoms with Gasteiger partial charge >= 0.3 is 7.60 Å². The Morgan fingerprint density at radius 3 is 2.22 bits per heavy atom. The zero-order valence-electron chi connectivity index (χ0n) is 10.4. The van der Waals surface area contributed by atoms with Crippen LogP contribution in [0, 0.1) is 0 Å². The predicted octanol–water partition coefficient (Wildman–Crippen LogP) is 2.68. The maximum atomic E-state index is 12.0. The maximum absolute atomic E-state index is 12.0. The Morgan fingerprint density at radius 2 is 1.72 bits per heavy atom. The summed E-state index contributed by atoms with van der Waals surface area (Å²) in [5, 5.41) is 0.